The summed E-state index contributed by atoms with van der Waals surface area (Å²) < 4.78 is 6.89. The highest BCUT2D eigenvalue weighted by Gasteiger charge is 2.62. The van der Waals surface area contributed by atoms with Crippen molar-refractivity contribution >= 4 is 28.6 Å². The van der Waals surface area contributed by atoms with Gasteiger partial charge in [-0.15, -0.1) is 0 Å². The third-order valence-electron chi connectivity index (χ3n) is 5.44. The van der Waals surface area contributed by atoms with Crippen molar-refractivity contribution in [2.24, 2.45) is 16.7 Å². The molecule has 0 radical (unpaired) electrons. The van der Waals surface area contributed by atoms with Crippen molar-refractivity contribution in [3.8, 4) is 0 Å². The number of esters is 1. The maximum atomic E-state index is 11.9. The summed E-state index contributed by atoms with van der Waals surface area (Å²) in [6.07, 6.45) is 0.926. The molecule has 18 heavy (non-hydrogen) atoms. The van der Waals surface area contributed by atoms with Crippen LogP contribution in [0.3, 0.4) is 0 Å². The summed E-state index contributed by atoms with van der Waals surface area (Å²) in [5, 5.41) is 0. The normalized spacial score (nSPS) is 33.2. The molecule has 0 bridgehead atoms. The van der Waals surface area contributed by atoms with Gasteiger partial charge in [0.2, 0.25) is 0 Å². The summed E-state index contributed by atoms with van der Waals surface area (Å²) in [7, 11) is 0. The highest BCUT2D eigenvalue weighted by Crippen LogP contribution is 2.62. The lowest BCUT2D eigenvalue weighted by molar-refractivity contribution is -0.167. The molecule has 0 aromatic heterocycles. The minimum Gasteiger partial charge on any atom is -0.455 e. The number of carbonyl (C=O) groups is 1. The van der Waals surface area contributed by atoms with E-state index in [-0.39, 0.29) is 16.8 Å². The lowest BCUT2D eigenvalue weighted by atomic mass is 9.63. The number of rotatable bonds is 3. The Hall–Kier alpha value is -0.0600. The molecule has 3 heteroatoms. The first-order chi connectivity index (χ1) is 7.99. The van der Waals surface area contributed by atoms with Crippen LogP contribution in [0.15, 0.2) is 12.2 Å². The van der Waals surface area contributed by atoms with Crippen LogP contribution in [0.25, 0.3) is 0 Å². The zero-order valence-electron chi connectivity index (χ0n) is 12.4. The number of hydrogen-bond acceptors (Lipinski definition) is 2. The van der Waals surface area contributed by atoms with Gasteiger partial charge in [0.05, 0.1) is 0 Å². The van der Waals surface area contributed by atoms with Gasteiger partial charge in [0.15, 0.2) is 0 Å². The third-order valence-corrected chi connectivity index (χ3v) is 6.51. The highest BCUT2D eigenvalue weighted by atomic mass is 127. The quantitative estimate of drug-likeness (QED) is 0.322. The Bertz CT molecular complexity index is 371. The molecule has 1 aliphatic rings. The number of alkyl halides is 1. The van der Waals surface area contributed by atoms with E-state index in [0.717, 1.165) is 10.8 Å². The second kappa shape index (κ2) is 4.80. The molecule has 0 amide bonds. The molecule has 1 aliphatic carbocycles. The first-order valence-electron chi connectivity index (χ1n) is 6.44. The van der Waals surface area contributed by atoms with Gasteiger partial charge in [-0.25, -0.2) is 4.79 Å². The molecular weight excluding hydrogens is 339 g/mol. The standard InChI is InChI=1S/C15H25IO2/c1-10(2)12(17)18-15(7)8-11(9-16)13(3,4)14(15,5)6/h11H,1,8-9H2,2-7H3. The Kier molecular flexibility index (Phi) is 4.27. The summed E-state index contributed by atoms with van der Waals surface area (Å²) in [6, 6.07) is 0. The van der Waals surface area contributed by atoms with Crippen molar-refractivity contribution < 1.29 is 9.53 Å². The summed E-state index contributed by atoms with van der Waals surface area (Å²) in [5.41, 5.74) is 0.157. The van der Waals surface area contributed by atoms with Crippen LogP contribution in [0.1, 0.15) is 48.0 Å². The van der Waals surface area contributed by atoms with Crippen LogP contribution in [-0.2, 0) is 9.53 Å². The molecule has 2 atom stereocenters. The fraction of sp³-hybridized carbons (Fsp3) is 0.800. The van der Waals surface area contributed by atoms with Gasteiger partial charge in [0.1, 0.15) is 5.60 Å². The second-order valence-corrected chi connectivity index (χ2v) is 7.68. The molecule has 0 aliphatic heterocycles. The highest BCUT2D eigenvalue weighted by molar-refractivity contribution is 14.1. The maximum absolute atomic E-state index is 11.9. The summed E-state index contributed by atoms with van der Waals surface area (Å²) in [6.45, 7) is 16.5. The molecule has 0 heterocycles. The Morgan fingerprint density at radius 2 is 1.83 bits per heavy atom. The van der Waals surface area contributed by atoms with Gasteiger partial charge < -0.3 is 4.74 Å². The zero-order chi connectivity index (χ0) is 14.4. The monoisotopic (exact) mass is 364 g/mol. The van der Waals surface area contributed by atoms with Crippen LogP contribution in [0.5, 0.6) is 0 Å². The molecule has 0 spiro atoms. The van der Waals surface area contributed by atoms with Gasteiger partial charge >= 0.3 is 5.97 Å². The van der Waals surface area contributed by atoms with E-state index < -0.39 is 5.60 Å². The third kappa shape index (κ3) is 2.23. The van der Waals surface area contributed by atoms with Crippen LogP contribution in [0.2, 0.25) is 0 Å². The molecule has 0 aromatic rings. The van der Waals surface area contributed by atoms with Crippen molar-refractivity contribution in [2.75, 3.05) is 4.43 Å². The van der Waals surface area contributed by atoms with E-state index >= 15 is 0 Å². The average Bonchev–Trinajstić information content (AvgIpc) is 2.36. The lowest BCUT2D eigenvalue weighted by Crippen LogP contribution is -2.47. The van der Waals surface area contributed by atoms with Crippen LogP contribution >= 0.6 is 22.6 Å². The Morgan fingerprint density at radius 1 is 1.33 bits per heavy atom. The molecule has 0 N–H and O–H groups in total. The van der Waals surface area contributed by atoms with Gasteiger partial charge in [-0.2, -0.15) is 0 Å². The van der Waals surface area contributed by atoms with Crippen molar-refractivity contribution in [3.05, 3.63) is 12.2 Å². The van der Waals surface area contributed by atoms with E-state index in [1.807, 2.05) is 0 Å². The first-order valence-corrected chi connectivity index (χ1v) is 7.97. The fourth-order valence-corrected chi connectivity index (χ4v) is 4.29. The number of hydrogen-bond donors (Lipinski definition) is 0. The molecule has 2 unspecified atom stereocenters. The molecular formula is C15H25IO2. The number of ether oxygens (including phenoxy) is 1. The molecule has 104 valence electrons. The van der Waals surface area contributed by atoms with Gasteiger partial charge in [0.25, 0.3) is 0 Å². The largest absolute Gasteiger partial charge is 0.455 e. The van der Waals surface area contributed by atoms with Gasteiger partial charge in [-0.05, 0) is 31.6 Å². The Morgan fingerprint density at radius 3 is 2.17 bits per heavy atom. The van der Waals surface area contributed by atoms with Crippen LogP contribution in [0, 0.1) is 16.7 Å². The van der Waals surface area contributed by atoms with Crippen molar-refractivity contribution in [1.82, 2.24) is 0 Å². The second-order valence-electron chi connectivity index (χ2n) is 6.80. The average molecular weight is 364 g/mol. The smallest absolute Gasteiger partial charge is 0.333 e. The lowest BCUT2D eigenvalue weighted by Gasteiger charge is -2.45. The first kappa shape index (κ1) is 16.0. The topological polar surface area (TPSA) is 26.3 Å². The van der Waals surface area contributed by atoms with Gasteiger partial charge in [-0.1, -0.05) is 56.9 Å². The van der Waals surface area contributed by atoms with E-state index in [0.29, 0.717) is 11.5 Å². The zero-order valence-corrected chi connectivity index (χ0v) is 14.6. The summed E-state index contributed by atoms with van der Waals surface area (Å²) >= 11 is 2.44. The molecule has 1 fully saturated rings. The van der Waals surface area contributed by atoms with E-state index in [1.165, 1.54) is 0 Å². The summed E-state index contributed by atoms with van der Waals surface area (Å²) in [4.78, 5) is 11.9. The van der Waals surface area contributed by atoms with Gasteiger partial charge in [-0.3, -0.25) is 0 Å². The Labute approximate surface area is 125 Å². The Balaban J connectivity index is 3.10. The molecule has 1 saturated carbocycles. The number of halogens is 1. The van der Waals surface area contributed by atoms with Gasteiger partial charge in [0, 0.05) is 15.4 Å². The van der Waals surface area contributed by atoms with E-state index in [4.69, 9.17) is 4.74 Å². The predicted molar refractivity (Wildman–Crippen MR) is 83.9 cm³/mol. The van der Waals surface area contributed by atoms with Crippen molar-refractivity contribution in [1.29, 1.82) is 0 Å². The molecule has 1 rings (SSSR count). The minimum absolute atomic E-state index is 0.0546. The van der Waals surface area contributed by atoms with Crippen LogP contribution < -0.4 is 0 Å². The van der Waals surface area contributed by atoms with Crippen LogP contribution in [-0.4, -0.2) is 16.0 Å². The molecule has 0 saturated heterocycles. The predicted octanol–water partition coefficient (Wildman–Crippen LogP) is 4.37. The minimum atomic E-state index is -0.414. The van der Waals surface area contributed by atoms with Crippen molar-refractivity contribution in [2.45, 2.75) is 53.6 Å². The van der Waals surface area contributed by atoms with Crippen molar-refractivity contribution in [3.63, 3.8) is 0 Å². The van der Waals surface area contributed by atoms with E-state index in [1.54, 1.807) is 6.92 Å². The summed E-state index contributed by atoms with van der Waals surface area (Å²) in [5.74, 6) is 0.298. The number of carbonyl (C=O) groups excluding carboxylic acids is 1. The SMILES string of the molecule is C=C(C)C(=O)OC1(C)CC(CI)C(C)(C)C1(C)C. The maximum Gasteiger partial charge on any atom is 0.333 e. The molecule has 0 aromatic carbocycles. The molecule has 2 nitrogen and oxygen atoms in total. The van der Waals surface area contributed by atoms with E-state index in [2.05, 4.69) is 63.8 Å². The fourth-order valence-electron chi connectivity index (χ4n) is 2.88. The van der Waals surface area contributed by atoms with E-state index in [9.17, 15) is 4.79 Å². The van der Waals surface area contributed by atoms with Crippen LogP contribution in [0.4, 0.5) is 0 Å².